The monoisotopic (exact) mass is 204 g/mol. The molecule has 0 aliphatic heterocycles. The third-order valence-corrected chi connectivity index (χ3v) is 3.13. The van der Waals surface area contributed by atoms with Crippen molar-refractivity contribution in [3.8, 4) is 12.3 Å². The number of hydrogen-bond donors (Lipinski definition) is 0. The Bertz CT molecular complexity index is 243. The van der Waals surface area contributed by atoms with Gasteiger partial charge in [-0.3, -0.25) is 9.36 Å². The number of carbonyl (C=O) groups is 1. The predicted octanol–water partition coefficient (Wildman–Crippen LogP) is 1.45. The number of terminal acetylenes is 1. The van der Waals surface area contributed by atoms with Gasteiger partial charge in [0.05, 0.1) is 13.2 Å². The van der Waals surface area contributed by atoms with Gasteiger partial charge in [-0.2, -0.15) is 0 Å². The van der Waals surface area contributed by atoms with E-state index in [4.69, 9.17) is 15.5 Å². The Balaban J connectivity index is 4.34. The van der Waals surface area contributed by atoms with Gasteiger partial charge in [-0.1, -0.05) is 0 Å². The van der Waals surface area contributed by atoms with E-state index in [0.717, 1.165) is 0 Å². The molecule has 0 fully saturated rings. The standard InChI is InChI=1S/C8H13O4P/c1-4-8(9)7-13(10,11-5-2)12-6-3/h1H,5-7H2,2-3H3. The molecule has 0 atom stereocenters. The van der Waals surface area contributed by atoms with Crippen molar-refractivity contribution in [1.29, 1.82) is 0 Å². The van der Waals surface area contributed by atoms with Gasteiger partial charge in [0.1, 0.15) is 6.16 Å². The number of carbonyl (C=O) groups excluding carboxylic acids is 1. The quantitative estimate of drug-likeness (QED) is 0.373. The van der Waals surface area contributed by atoms with E-state index < -0.39 is 13.4 Å². The van der Waals surface area contributed by atoms with Gasteiger partial charge in [0.2, 0.25) is 5.78 Å². The van der Waals surface area contributed by atoms with Crippen molar-refractivity contribution in [2.45, 2.75) is 13.8 Å². The fourth-order valence-corrected chi connectivity index (χ4v) is 2.23. The summed E-state index contributed by atoms with van der Waals surface area (Å²) in [6.07, 6.45) is 4.50. The maximum absolute atomic E-state index is 11.6. The van der Waals surface area contributed by atoms with Crippen LogP contribution in [0, 0.1) is 12.3 Å². The zero-order valence-electron chi connectivity index (χ0n) is 7.78. The molecule has 0 aromatic carbocycles. The molecular formula is C8H13O4P. The van der Waals surface area contributed by atoms with Crippen molar-refractivity contribution in [3.05, 3.63) is 0 Å². The SMILES string of the molecule is C#CC(=O)CP(=O)(OCC)OCC. The largest absolute Gasteiger partial charge is 0.339 e. The summed E-state index contributed by atoms with van der Waals surface area (Å²) < 4.78 is 21.3. The van der Waals surface area contributed by atoms with Crippen LogP contribution in [0.15, 0.2) is 0 Å². The lowest BCUT2D eigenvalue weighted by Gasteiger charge is -2.14. The predicted molar refractivity (Wildman–Crippen MR) is 49.6 cm³/mol. The van der Waals surface area contributed by atoms with Crippen LogP contribution in [0.5, 0.6) is 0 Å². The Morgan fingerprint density at radius 3 is 2.15 bits per heavy atom. The van der Waals surface area contributed by atoms with Gasteiger partial charge in [-0.05, 0) is 19.8 Å². The normalized spacial score (nSPS) is 10.8. The van der Waals surface area contributed by atoms with Crippen LogP contribution in [0.3, 0.4) is 0 Å². The third kappa shape index (κ3) is 4.84. The third-order valence-electron chi connectivity index (χ3n) is 1.15. The molecular weight excluding hydrogens is 191 g/mol. The van der Waals surface area contributed by atoms with Gasteiger partial charge in [0.15, 0.2) is 0 Å². The second-order valence-corrected chi connectivity index (χ2v) is 4.23. The molecule has 4 nitrogen and oxygen atoms in total. The summed E-state index contributed by atoms with van der Waals surface area (Å²) in [5.74, 6) is 1.30. The Hall–Kier alpha value is -0.620. The summed E-state index contributed by atoms with van der Waals surface area (Å²) in [7, 11) is -3.28. The molecule has 0 bridgehead atoms. The van der Waals surface area contributed by atoms with Crippen LogP contribution in [0.25, 0.3) is 0 Å². The number of ketones is 1. The van der Waals surface area contributed by atoms with Gasteiger partial charge in [-0.25, -0.2) is 0 Å². The molecule has 0 aliphatic carbocycles. The van der Waals surface area contributed by atoms with E-state index in [1.807, 2.05) is 5.92 Å². The molecule has 0 unspecified atom stereocenters. The fraction of sp³-hybridized carbons (Fsp3) is 0.625. The van der Waals surface area contributed by atoms with E-state index in [9.17, 15) is 9.36 Å². The maximum atomic E-state index is 11.6. The van der Waals surface area contributed by atoms with Gasteiger partial charge < -0.3 is 9.05 Å². The lowest BCUT2D eigenvalue weighted by Crippen LogP contribution is -2.07. The van der Waals surface area contributed by atoms with Crippen molar-refractivity contribution < 1.29 is 18.4 Å². The second-order valence-electron chi connectivity index (χ2n) is 2.17. The lowest BCUT2D eigenvalue weighted by atomic mass is 10.5. The average Bonchev–Trinajstić information content (AvgIpc) is 2.04. The molecule has 0 saturated carbocycles. The van der Waals surface area contributed by atoms with Crippen molar-refractivity contribution >= 4 is 13.4 Å². The molecule has 0 spiro atoms. The van der Waals surface area contributed by atoms with E-state index in [1.54, 1.807) is 13.8 Å². The van der Waals surface area contributed by atoms with Crippen LogP contribution in [-0.2, 0) is 18.4 Å². The van der Waals surface area contributed by atoms with Gasteiger partial charge >= 0.3 is 7.60 Å². The molecule has 13 heavy (non-hydrogen) atoms. The zero-order valence-corrected chi connectivity index (χ0v) is 8.67. The first kappa shape index (κ1) is 12.4. The summed E-state index contributed by atoms with van der Waals surface area (Å²) in [6.45, 7) is 3.81. The van der Waals surface area contributed by atoms with Crippen LogP contribution in [0.1, 0.15) is 13.8 Å². The minimum Gasteiger partial charge on any atom is -0.309 e. The molecule has 0 radical (unpaired) electrons. The minimum absolute atomic E-state index is 0.231. The van der Waals surface area contributed by atoms with Crippen molar-refractivity contribution in [2.24, 2.45) is 0 Å². The van der Waals surface area contributed by atoms with Crippen LogP contribution in [-0.4, -0.2) is 25.2 Å². The highest BCUT2D eigenvalue weighted by molar-refractivity contribution is 7.54. The smallest absolute Gasteiger partial charge is 0.309 e. The van der Waals surface area contributed by atoms with E-state index in [2.05, 4.69) is 0 Å². The number of rotatable bonds is 6. The van der Waals surface area contributed by atoms with E-state index in [1.165, 1.54) is 0 Å². The first-order valence-corrected chi connectivity index (χ1v) is 5.68. The lowest BCUT2D eigenvalue weighted by molar-refractivity contribution is -0.111. The first-order chi connectivity index (χ1) is 6.08. The molecule has 5 heteroatoms. The second kappa shape index (κ2) is 5.93. The summed E-state index contributed by atoms with van der Waals surface area (Å²) in [5.41, 5.74) is 0. The molecule has 0 saturated heterocycles. The van der Waals surface area contributed by atoms with E-state index in [0.29, 0.717) is 0 Å². The van der Waals surface area contributed by atoms with Crippen molar-refractivity contribution in [1.82, 2.24) is 0 Å². The highest BCUT2D eigenvalue weighted by atomic mass is 31.2. The van der Waals surface area contributed by atoms with Gasteiger partial charge in [0.25, 0.3) is 0 Å². The topological polar surface area (TPSA) is 52.6 Å². The Morgan fingerprint density at radius 2 is 1.85 bits per heavy atom. The molecule has 74 valence electrons. The molecule has 0 aromatic rings. The van der Waals surface area contributed by atoms with E-state index in [-0.39, 0.29) is 19.4 Å². The summed E-state index contributed by atoms with van der Waals surface area (Å²) in [4.78, 5) is 10.8. The number of hydrogen-bond acceptors (Lipinski definition) is 4. The molecule has 0 amide bonds. The molecule has 0 aliphatic rings. The summed E-state index contributed by atoms with van der Waals surface area (Å²) in [5, 5.41) is 0. The molecule has 0 aromatic heterocycles. The molecule has 0 N–H and O–H groups in total. The van der Waals surface area contributed by atoms with Crippen LogP contribution >= 0.6 is 7.60 Å². The highest BCUT2D eigenvalue weighted by Gasteiger charge is 2.26. The maximum Gasteiger partial charge on any atom is 0.339 e. The molecule has 0 heterocycles. The van der Waals surface area contributed by atoms with Crippen LogP contribution in [0.4, 0.5) is 0 Å². The van der Waals surface area contributed by atoms with Crippen LogP contribution < -0.4 is 0 Å². The summed E-state index contributed by atoms with van der Waals surface area (Å²) >= 11 is 0. The number of Topliss-reactive ketones (excluding diaryl/α,β-unsaturated/α-hetero) is 1. The van der Waals surface area contributed by atoms with Gasteiger partial charge in [-0.15, -0.1) is 6.42 Å². The average molecular weight is 204 g/mol. The Kier molecular flexibility index (Phi) is 5.65. The van der Waals surface area contributed by atoms with Crippen LogP contribution in [0.2, 0.25) is 0 Å². The molecule has 0 rings (SSSR count). The van der Waals surface area contributed by atoms with Crippen molar-refractivity contribution in [3.63, 3.8) is 0 Å². The summed E-state index contributed by atoms with van der Waals surface area (Å²) in [6, 6.07) is 0. The minimum atomic E-state index is -3.28. The zero-order chi connectivity index (χ0) is 10.3. The highest BCUT2D eigenvalue weighted by Crippen LogP contribution is 2.47. The fourth-order valence-electron chi connectivity index (χ4n) is 0.743. The van der Waals surface area contributed by atoms with Crippen molar-refractivity contribution in [2.75, 3.05) is 19.4 Å². The first-order valence-electron chi connectivity index (χ1n) is 3.95. The Labute approximate surface area is 78.1 Å². The van der Waals surface area contributed by atoms with Gasteiger partial charge in [0, 0.05) is 0 Å². The van der Waals surface area contributed by atoms with E-state index >= 15 is 0 Å². The Morgan fingerprint density at radius 1 is 1.38 bits per heavy atom.